The minimum atomic E-state index is -4.90. The number of pyridine rings is 1. The third-order valence-electron chi connectivity index (χ3n) is 5.11. The Morgan fingerprint density at radius 1 is 1.05 bits per heavy atom. The third-order valence-corrected chi connectivity index (χ3v) is 5.11. The predicted octanol–water partition coefficient (Wildman–Crippen LogP) is -3.96. The average molecular weight is 565 g/mol. The molecular weight excluding hydrogens is 545 g/mol. The van der Waals surface area contributed by atoms with Crippen molar-refractivity contribution in [3.63, 3.8) is 0 Å². The van der Waals surface area contributed by atoms with E-state index in [0.717, 1.165) is 22.8 Å². The number of carboxylic acids is 1. The number of anilines is 1. The summed E-state index contributed by atoms with van der Waals surface area (Å²) in [7, 11) is 2.69. The number of amides is 2. The fraction of sp³-hybridized carbons (Fsp3) is 0.208. The molecule has 2 amide bonds. The van der Waals surface area contributed by atoms with Gasteiger partial charge in [-0.3, -0.25) is 4.79 Å². The SMILES string of the molecule is COc1cc(-c2cccc(OC(F)(F)F)c2)cc([C@H](CC(=O)[O-])NC(=O)Nc2c([O-])ccn(C)c2=O)c1.[Na+].[Na+]. The van der Waals surface area contributed by atoms with Crippen molar-refractivity contribution in [2.24, 2.45) is 7.05 Å². The fourth-order valence-electron chi connectivity index (χ4n) is 3.43. The van der Waals surface area contributed by atoms with Crippen LogP contribution in [0.2, 0.25) is 0 Å². The summed E-state index contributed by atoms with van der Waals surface area (Å²) < 4.78 is 48.2. The number of carboxylic acid groups (broad SMARTS) is 1. The van der Waals surface area contributed by atoms with Crippen molar-refractivity contribution >= 4 is 17.7 Å². The first-order valence-electron chi connectivity index (χ1n) is 10.6. The fourth-order valence-corrected chi connectivity index (χ4v) is 3.43. The smallest absolute Gasteiger partial charge is 0.871 e. The number of nitrogens with zero attached hydrogens (tertiary/aromatic N) is 1. The molecular formula is C24H20F3N3Na2O7. The van der Waals surface area contributed by atoms with Gasteiger partial charge in [-0.1, -0.05) is 23.9 Å². The number of methoxy groups -OCH3 is 1. The van der Waals surface area contributed by atoms with Gasteiger partial charge in [0.25, 0.3) is 5.56 Å². The van der Waals surface area contributed by atoms with E-state index in [1.54, 1.807) is 0 Å². The van der Waals surface area contributed by atoms with Gasteiger partial charge in [0.1, 0.15) is 17.2 Å². The third kappa shape index (κ3) is 9.78. The molecule has 0 saturated heterocycles. The quantitative estimate of drug-likeness (QED) is 0.265. The summed E-state index contributed by atoms with van der Waals surface area (Å²) in [4.78, 5) is 36.2. The van der Waals surface area contributed by atoms with Crippen molar-refractivity contribution in [3.8, 4) is 28.4 Å². The van der Waals surface area contributed by atoms with Crippen LogP contribution < -0.4 is 95.0 Å². The Morgan fingerprint density at radius 2 is 1.72 bits per heavy atom. The predicted molar refractivity (Wildman–Crippen MR) is 121 cm³/mol. The number of urea groups is 1. The van der Waals surface area contributed by atoms with E-state index in [1.165, 1.54) is 50.7 Å². The molecule has 2 N–H and O–H groups in total. The molecule has 1 aromatic heterocycles. The van der Waals surface area contributed by atoms with E-state index in [2.05, 4.69) is 15.4 Å². The Kier molecular flexibility index (Phi) is 12.9. The number of carbonyl (C=O) groups excluding carboxylic acids is 2. The van der Waals surface area contributed by atoms with Gasteiger partial charge in [0.05, 0.1) is 13.2 Å². The zero-order chi connectivity index (χ0) is 27.3. The van der Waals surface area contributed by atoms with E-state index in [0.29, 0.717) is 5.56 Å². The molecule has 0 aliphatic rings. The second kappa shape index (κ2) is 14.6. The molecule has 0 aliphatic carbocycles. The van der Waals surface area contributed by atoms with Gasteiger partial charge in [0, 0.05) is 25.6 Å². The topological polar surface area (TPSA) is 145 Å². The van der Waals surface area contributed by atoms with E-state index in [1.807, 2.05) is 0 Å². The first kappa shape index (κ1) is 34.3. The zero-order valence-electron chi connectivity index (χ0n) is 21.4. The van der Waals surface area contributed by atoms with E-state index < -0.39 is 53.6 Å². The number of ether oxygens (including phenoxy) is 2. The molecule has 3 rings (SSSR count). The van der Waals surface area contributed by atoms with Gasteiger partial charge < -0.3 is 39.7 Å². The van der Waals surface area contributed by atoms with Crippen molar-refractivity contribution in [1.82, 2.24) is 9.88 Å². The Morgan fingerprint density at radius 3 is 2.33 bits per heavy atom. The van der Waals surface area contributed by atoms with Crippen molar-refractivity contribution in [2.75, 3.05) is 12.4 Å². The van der Waals surface area contributed by atoms with Gasteiger partial charge in [-0.2, -0.15) is 0 Å². The first-order chi connectivity index (χ1) is 17.4. The van der Waals surface area contributed by atoms with Crippen molar-refractivity contribution < 1.29 is 102 Å². The number of aromatic nitrogens is 1. The maximum Gasteiger partial charge on any atom is 1.00 e. The molecule has 3 aromatic rings. The van der Waals surface area contributed by atoms with Crippen LogP contribution in [0.4, 0.5) is 23.7 Å². The molecule has 39 heavy (non-hydrogen) atoms. The standard InChI is InChI=1S/C24H22F3N3O7.2Na/c1-30-7-6-19(31)21(22(30)34)29-23(35)28-18(12-20(32)33)15-8-14(10-17(11-15)36-2)13-4-3-5-16(9-13)37-24(25,26)27;;/h3-11,18,31H,12H2,1-2H3,(H,32,33)(H2,28,29,35);;/q;2*+1/p-2/t18-;;/m0../s1. The monoisotopic (exact) mass is 565 g/mol. The number of hydrogen-bond donors (Lipinski definition) is 2. The van der Waals surface area contributed by atoms with E-state index in [4.69, 9.17) is 4.74 Å². The van der Waals surface area contributed by atoms with Crippen LogP contribution >= 0.6 is 0 Å². The van der Waals surface area contributed by atoms with Crippen LogP contribution in [0.5, 0.6) is 17.2 Å². The Labute approximate surface area is 264 Å². The number of benzene rings is 2. The molecule has 1 atom stereocenters. The number of nitrogens with one attached hydrogen (secondary N) is 2. The van der Waals surface area contributed by atoms with Gasteiger partial charge in [-0.25, -0.2) is 4.79 Å². The van der Waals surface area contributed by atoms with Crippen LogP contribution in [0.3, 0.4) is 0 Å². The van der Waals surface area contributed by atoms with Gasteiger partial charge in [-0.15, -0.1) is 13.2 Å². The minimum Gasteiger partial charge on any atom is -0.871 e. The van der Waals surface area contributed by atoms with Crippen molar-refractivity contribution in [2.45, 2.75) is 18.8 Å². The minimum absolute atomic E-state index is 0. The molecule has 10 nitrogen and oxygen atoms in total. The van der Waals surface area contributed by atoms with Crippen LogP contribution in [0.25, 0.3) is 11.1 Å². The second-order valence-corrected chi connectivity index (χ2v) is 7.77. The number of alkyl halides is 3. The maximum atomic E-state index is 12.6. The molecule has 1 heterocycles. The van der Waals surface area contributed by atoms with E-state index in [-0.39, 0.29) is 76.0 Å². The second-order valence-electron chi connectivity index (χ2n) is 7.77. The normalized spacial score (nSPS) is 11.3. The van der Waals surface area contributed by atoms with Crippen LogP contribution in [0, 0.1) is 0 Å². The van der Waals surface area contributed by atoms with Crippen LogP contribution in [-0.2, 0) is 11.8 Å². The van der Waals surface area contributed by atoms with Gasteiger partial charge in [-0.05, 0) is 47.0 Å². The molecule has 0 aliphatic heterocycles. The van der Waals surface area contributed by atoms with Gasteiger partial charge in [0.15, 0.2) is 0 Å². The van der Waals surface area contributed by atoms with E-state index >= 15 is 0 Å². The number of halogens is 3. The zero-order valence-corrected chi connectivity index (χ0v) is 25.4. The largest absolute Gasteiger partial charge is 1.00 e. The molecule has 196 valence electrons. The molecule has 0 unspecified atom stereocenters. The summed E-state index contributed by atoms with van der Waals surface area (Å²) in [6.45, 7) is 0. The van der Waals surface area contributed by atoms with Crippen LogP contribution in [0.15, 0.2) is 59.5 Å². The summed E-state index contributed by atoms with van der Waals surface area (Å²) in [5.74, 6) is -2.55. The van der Waals surface area contributed by atoms with Crippen molar-refractivity contribution in [1.29, 1.82) is 0 Å². The summed E-state index contributed by atoms with van der Waals surface area (Å²) in [5, 5.41) is 27.9. The number of aryl methyl sites for hydroxylation is 1. The molecule has 0 spiro atoms. The summed E-state index contributed by atoms with van der Waals surface area (Å²) in [5.41, 5.74) is -0.515. The van der Waals surface area contributed by atoms with Crippen molar-refractivity contribution in [3.05, 3.63) is 70.6 Å². The molecule has 2 aromatic carbocycles. The van der Waals surface area contributed by atoms with Crippen LogP contribution in [0.1, 0.15) is 18.0 Å². The molecule has 0 fully saturated rings. The average Bonchev–Trinajstić information content (AvgIpc) is 2.82. The molecule has 0 radical (unpaired) electrons. The summed E-state index contributed by atoms with van der Waals surface area (Å²) in [6.07, 6.45) is -4.40. The van der Waals surface area contributed by atoms with Gasteiger partial charge in [0.2, 0.25) is 0 Å². The van der Waals surface area contributed by atoms with Gasteiger partial charge >= 0.3 is 71.5 Å². The number of carbonyl (C=O) groups is 2. The molecule has 15 heteroatoms. The Balaban J connectivity index is 0.00000380. The molecule has 0 bridgehead atoms. The number of rotatable bonds is 8. The summed E-state index contributed by atoms with van der Waals surface area (Å²) >= 11 is 0. The maximum absolute atomic E-state index is 12.6. The number of hydrogen-bond acceptors (Lipinski definition) is 7. The van der Waals surface area contributed by atoms with Crippen LogP contribution in [-0.4, -0.2) is 30.0 Å². The molecule has 0 saturated carbocycles. The Bertz CT molecular complexity index is 1380. The van der Waals surface area contributed by atoms with E-state index in [9.17, 15) is 37.8 Å². The first-order valence-corrected chi connectivity index (χ1v) is 10.6. The summed E-state index contributed by atoms with van der Waals surface area (Å²) in [6, 6.07) is 8.19. The number of aliphatic carboxylic acids is 1. The Hall–Kier alpha value is -2.68.